The number of hydrogen-bond acceptors (Lipinski definition) is 3. The molecule has 134 valence electrons. The van der Waals surface area contributed by atoms with Crippen LogP contribution in [0.1, 0.15) is 11.1 Å². The van der Waals surface area contributed by atoms with Gasteiger partial charge in [0, 0.05) is 22.3 Å². The third-order valence-corrected chi connectivity index (χ3v) is 4.68. The molecular formula is C21H19BrClNO2. The van der Waals surface area contributed by atoms with Gasteiger partial charge < -0.3 is 14.8 Å². The molecule has 0 aliphatic rings. The van der Waals surface area contributed by atoms with Gasteiger partial charge in [-0.1, -0.05) is 57.9 Å². The van der Waals surface area contributed by atoms with Crippen LogP contribution in [0.3, 0.4) is 0 Å². The van der Waals surface area contributed by atoms with Crippen LogP contribution in [0, 0.1) is 0 Å². The summed E-state index contributed by atoms with van der Waals surface area (Å²) in [7, 11) is 1.60. The van der Waals surface area contributed by atoms with Gasteiger partial charge in [0.05, 0.1) is 12.1 Å². The van der Waals surface area contributed by atoms with Gasteiger partial charge >= 0.3 is 0 Å². The summed E-state index contributed by atoms with van der Waals surface area (Å²) < 4.78 is 12.2. The summed E-state index contributed by atoms with van der Waals surface area (Å²) in [5, 5.41) is 3.95. The first kappa shape index (κ1) is 18.6. The van der Waals surface area contributed by atoms with Gasteiger partial charge in [-0.2, -0.15) is 0 Å². The Bertz CT molecular complexity index is 871. The highest BCUT2D eigenvalue weighted by Gasteiger charge is 2.07. The Balaban J connectivity index is 1.70. The van der Waals surface area contributed by atoms with Gasteiger partial charge in [-0.15, -0.1) is 0 Å². The monoisotopic (exact) mass is 431 g/mol. The molecule has 0 aromatic heterocycles. The molecule has 1 N–H and O–H groups in total. The van der Waals surface area contributed by atoms with Crippen molar-refractivity contribution in [3.05, 3.63) is 87.4 Å². The Morgan fingerprint density at radius 2 is 1.73 bits per heavy atom. The molecular weight excluding hydrogens is 414 g/mol. The van der Waals surface area contributed by atoms with Crippen LogP contribution in [0.2, 0.25) is 5.02 Å². The van der Waals surface area contributed by atoms with Crippen molar-refractivity contribution in [3.63, 3.8) is 0 Å². The molecule has 0 bridgehead atoms. The predicted octanol–water partition coefficient (Wildman–Crippen LogP) is 6.30. The van der Waals surface area contributed by atoms with Crippen molar-refractivity contribution >= 4 is 33.2 Å². The smallest absolute Gasteiger partial charge is 0.137 e. The van der Waals surface area contributed by atoms with Gasteiger partial charge in [-0.05, 0) is 42.0 Å². The minimum Gasteiger partial charge on any atom is -0.495 e. The Kier molecular flexibility index (Phi) is 6.42. The van der Waals surface area contributed by atoms with Crippen molar-refractivity contribution in [1.82, 2.24) is 0 Å². The minimum atomic E-state index is 0.532. The number of hydrogen-bond donors (Lipinski definition) is 1. The maximum Gasteiger partial charge on any atom is 0.137 e. The number of anilines is 1. The first-order valence-electron chi connectivity index (χ1n) is 8.18. The molecule has 0 radical (unpaired) electrons. The molecule has 0 amide bonds. The summed E-state index contributed by atoms with van der Waals surface area (Å²) in [4.78, 5) is 0. The van der Waals surface area contributed by atoms with Crippen LogP contribution in [-0.2, 0) is 13.2 Å². The zero-order valence-corrected chi connectivity index (χ0v) is 16.7. The van der Waals surface area contributed by atoms with Gasteiger partial charge in [-0.25, -0.2) is 0 Å². The summed E-state index contributed by atoms with van der Waals surface area (Å²) in [6.07, 6.45) is 0. The van der Waals surface area contributed by atoms with Gasteiger partial charge in [0.25, 0.3) is 0 Å². The summed E-state index contributed by atoms with van der Waals surface area (Å²) in [5.74, 6) is 1.51. The molecule has 3 nitrogen and oxygen atoms in total. The average molecular weight is 433 g/mol. The van der Waals surface area contributed by atoms with E-state index in [-0.39, 0.29) is 0 Å². The van der Waals surface area contributed by atoms with E-state index in [1.807, 2.05) is 48.5 Å². The van der Waals surface area contributed by atoms with E-state index in [4.69, 9.17) is 21.1 Å². The second kappa shape index (κ2) is 8.97. The van der Waals surface area contributed by atoms with Crippen molar-refractivity contribution in [2.24, 2.45) is 0 Å². The van der Waals surface area contributed by atoms with Crippen molar-refractivity contribution < 1.29 is 9.47 Å². The lowest BCUT2D eigenvalue weighted by Crippen LogP contribution is -2.04. The lowest BCUT2D eigenvalue weighted by Gasteiger charge is -2.14. The quantitative estimate of drug-likeness (QED) is 0.475. The van der Waals surface area contributed by atoms with Crippen molar-refractivity contribution in [3.8, 4) is 11.5 Å². The second-order valence-electron chi connectivity index (χ2n) is 5.73. The standard InChI is InChI=1S/C21H19BrClNO2/c1-25-21-10-8-18(12-19(21)23)24-13-16-11-17(22)7-9-20(16)26-14-15-5-3-2-4-6-15/h2-12,24H,13-14H2,1H3. The lowest BCUT2D eigenvalue weighted by molar-refractivity contribution is 0.303. The van der Waals surface area contributed by atoms with E-state index in [2.05, 4.69) is 39.4 Å². The van der Waals surface area contributed by atoms with Crippen LogP contribution in [0.15, 0.2) is 71.2 Å². The molecule has 0 aliphatic carbocycles. The van der Waals surface area contributed by atoms with Crippen molar-refractivity contribution in [2.75, 3.05) is 12.4 Å². The fraction of sp³-hybridized carbons (Fsp3) is 0.143. The molecule has 26 heavy (non-hydrogen) atoms. The number of methoxy groups -OCH3 is 1. The predicted molar refractivity (Wildman–Crippen MR) is 110 cm³/mol. The summed E-state index contributed by atoms with van der Waals surface area (Å²) in [6.45, 7) is 1.15. The molecule has 3 aromatic rings. The van der Waals surface area contributed by atoms with E-state index in [1.165, 1.54) is 0 Å². The Labute approximate surface area is 167 Å². The molecule has 0 fully saturated rings. The molecule has 3 aromatic carbocycles. The maximum absolute atomic E-state index is 6.19. The van der Waals surface area contributed by atoms with E-state index < -0.39 is 0 Å². The van der Waals surface area contributed by atoms with Crippen LogP contribution >= 0.6 is 27.5 Å². The van der Waals surface area contributed by atoms with E-state index >= 15 is 0 Å². The SMILES string of the molecule is COc1ccc(NCc2cc(Br)ccc2OCc2ccccc2)cc1Cl. The third-order valence-electron chi connectivity index (χ3n) is 3.89. The number of halogens is 2. The van der Waals surface area contributed by atoms with Crippen LogP contribution < -0.4 is 14.8 Å². The van der Waals surface area contributed by atoms with E-state index in [9.17, 15) is 0 Å². The summed E-state index contributed by atoms with van der Waals surface area (Å²) >= 11 is 9.72. The fourth-order valence-corrected chi connectivity index (χ4v) is 3.20. The highest BCUT2D eigenvalue weighted by atomic mass is 79.9. The number of benzene rings is 3. The highest BCUT2D eigenvalue weighted by Crippen LogP contribution is 2.29. The summed E-state index contributed by atoms with van der Waals surface area (Å²) in [5.41, 5.74) is 3.11. The minimum absolute atomic E-state index is 0.532. The Hall–Kier alpha value is -2.17. The molecule has 3 rings (SSSR count). The zero-order valence-electron chi connectivity index (χ0n) is 14.3. The Morgan fingerprint density at radius 3 is 2.46 bits per heavy atom. The molecule has 0 atom stereocenters. The number of ether oxygens (including phenoxy) is 2. The topological polar surface area (TPSA) is 30.5 Å². The zero-order chi connectivity index (χ0) is 18.4. The van der Waals surface area contributed by atoms with Gasteiger partial charge in [0.1, 0.15) is 18.1 Å². The Morgan fingerprint density at radius 1 is 0.962 bits per heavy atom. The molecule has 0 spiro atoms. The van der Waals surface area contributed by atoms with Crippen LogP contribution in [0.25, 0.3) is 0 Å². The molecule has 0 unspecified atom stereocenters. The third kappa shape index (κ3) is 4.93. The van der Waals surface area contributed by atoms with Crippen LogP contribution in [-0.4, -0.2) is 7.11 Å². The molecule has 0 saturated carbocycles. The van der Waals surface area contributed by atoms with Crippen molar-refractivity contribution in [2.45, 2.75) is 13.2 Å². The molecule has 0 aliphatic heterocycles. The maximum atomic E-state index is 6.19. The normalized spacial score (nSPS) is 10.4. The van der Waals surface area contributed by atoms with E-state index in [1.54, 1.807) is 7.11 Å². The summed E-state index contributed by atoms with van der Waals surface area (Å²) in [6, 6.07) is 21.8. The van der Waals surface area contributed by atoms with Gasteiger partial charge in [0.15, 0.2) is 0 Å². The van der Waals surface area contributed by atoms with E-state index in [0.29, 0.717) is 23.9 Å². The molecule has 5 heteroatoms. The van der Waals surface area contributed by atoms with Gasteiger partial charge in [0.2, 0.25) is 0 Å². The van der Waals surface area contributed by atoms with Crippen LogP contribution in [0.4, 0.5) is 5.69 Å². The second-order valence-corrected chi connectivity index (χ2v) is 7.05. The van der Waals surface area contributed by atoms with Gasteiger partial charge in [-0.3, -0.25) is 0 Å². The fourth-order valence-electron chi connectivity index (χ4n) is 2.54. The molecule has 0 heterocycles. The van der Waals surface area contributed by atoms with E-state index in [0.717, 1.165) is 27.0 Å². The average Bonchev–Trinajstić information content (AvgIpc) is 2.66. The van der Waals surface area contributed by atoms with Crippen LogP contribution in [0.5, 0.6) is 11.5 Å². The van der Waals surface area contributed by atoms with Crippen molar-refractivity contribution in [1.29, 1.82) is 0 Å². The first-order valence-corrected chi connectivity index (χ1v) is 9.35. The first-order chi connectivity index (χ1) is 12.7. The lowest BCUT2D eigenvalue weighted by atomic mass is 10.2. The number of nitrogens with one attached hydrogen (secondary N) is 1. The number of rotatable bonds is 7. The highest BCUT2D eigenvalue weighted by molar-refractivity contribution is 9.10. The molecule has 0 saturated heterocycles. The largest absolute Gasteiger partial charge is 0.495 e.